The largest absolute Gasteiger partial charge is 0.453 e. The maximum Gasteiger partial charge on any atom is 0.412 e. The molecule has 1 aliphatic rings. The average molecular weight is 263 g/mol. The molecule has 1 aliphatic carbocycles. The average Bonchev–Trinajstić information content (AvgIpc) is 2.69. The van der Waals surface area contributed by atoms with Crippen molar-refractivity contribution in [2.45, 2.75) is 44.6 Å². The lowest BCUT2D eigenvalue weighted by molar-refractivity contribution is 0.187. The highest BCUT2D eigenvalue weighted by atomic mass is 16.5. The van der Waals surface area contributed by atoms with Gasteiger partial charge < -0.3 is 10.1 Å². The third kappa shape index (κ3) is 4.43. The second-order valence-electron chi connectivity index (χ2n) is 4.88. The monoisotopic (exact) mass is 263 g/mol. The third-order valence-electron chi connectivity index (χ3n) is 3.40. The summed E-state index contributed by atoms with van der Waals surface area (Å²) in [4.78, 5) is 15.2. The van der Waals surface area contributed by atoms with E-state index in [0.29, 0.717) is 11.9 Å². The van der Waals surface area contributed by atoms with Crippen LogP contribution in [0.4, 0.5) is 16.3 Å². The highest BCUT2D eigenvalue weighted by Crippen LogP contribution is 2.21. The Morgan fingerprint density at radius 2 is 2.00 bits per heavy atom. The molecule has 0 spiro atoms. The number of hydrogen-bond donors (Lipinski definition) is 2. The molecule has 1 amide bonds. The number of hydrogen-bond acceptors (Lipinski definition) is 4. The molecule has 0 aliphatic heterocycles. The summed E-state index contributed by atoms with van der Waals surface area (Å²) >= 11 is 0. The number of ether oxygens (including phenoxy) is 1. The zero-order valence-corrected chi connectivity index (χ0v) is 11.3. The van der Waals surface area contributed by atoms with Crippen molar-refractivity contribution >= 4 is 17.6 Å². The molecule has 0 bridgehead atoms. The molecule has 1 fully saturated rings. The van der Waals surface area contributed by atoms with Crippen LogP contribution in [0.3, 0.4) is 0 Å². The Bertz CT molecular complexity index is 398. The quantitative estimate of drug-likeness (QED) is 0.820. The first-order chi connectivity index (χ1) is 9.28. The summed E-state index contributed by atoms with van der Waals surface area (Å²) < 4.78 is 4.51. The van der Waals surface area contributed by atoms with Crippen LogP contribution in [-0.2, 0) is 4.74 Å². The zero-order valence-electron chi connectivity index (χ0n) is 11.3. The number of anilines is 2. The Kier molecular flexibility index (Phi) is 5.01. The molecule has 0 aromatic carbocycles. The molecule has 104 valence electrons. The minimum Gasteiger partial charge on any atom is -0.453 e. The van der Waals surface area contributed by atoms with Crippen LogP contribution >= 0.6 is 0 Å². The van der Waals surface area contributed by atoms with Gasteiger partial charge in [0.25, 0.3) is 0 Å². The van der Waals surface area contributed by atoms with Gasteiger partial charge in [-0.05, 0) is 25.0 Å². The molecule has 2 N–H and O–H groups in total. The van der Waals surface area contributed by atoms with E-state index >= 15 is 0 Å². The molecule has 5 heteroatoms. The molecular weight excluding hydrogens is 242 g/mol. The topological polar surface area (TPSA) is 63.2 Å². The second-order valence-corrected chi connectivity index (χ2v) is 4.88. The van der Waals surface area contributed by atoms with E-state index in [4.69, 9.17) is 0 Å². The van der Waals surface area contributed by atoms with Crippen LogP contribution in [0.15, 0.2) is 18.3 Å². The molecule has 0 atom stereocenters. The Morgan fingerprint density at radius 3 is 2.58 bits per heavy atom. The fraction of sp³-hybridized carbons (Fsp3) is 0.571. The number of carbonyl (C=O) groups is 1. The molecule has 1 aromatic rings. The lowest BCUT2D eigenvalue weighted by Crippen LogP contribution is -2.18. The van der Waals surface area contributed by atoms with Gasteiger partial charge in [-0.3, -0.25) is 5.32 Å². The van der Waals surface area contributed by atoms with Gasteiger partial charge in [-0.25, -0.2) is 9.78 Å². The van der Waals surface area contributed by atoms with E-state index in [2.05, 4.69) is 20.4 Å². The third-order valence-corrected chi connectivity index (χ3v) is 3.40. The van der Waals surface area contributed by atoms with Crippen molar-refractivity contribution in [1.82, 2.24) is 4.98 Å². The van der Waals surface area contributed by atoms with E-state index in [9.17, 15) is 4.79 Å². The van der Waals surface area contributed by atoms with Crippen molar-refractivity contribution in [2.24, 2.45) is 0 Å². The van der Waals surface area contributed by atoms with Gasteiger partial charge in [0.1, 0.15) is 5.82 Å². The number of aromatic nitrogens is 1. The van der Waals surface area contributed by atoms with Crippen LogP contribution in [-0.4, -0.2) is 24.2 Å². The molecule has 0 saturated heterocycles. The molecule has 0 radical (unpaired) electrons. The lowest BCUT2D eigenvalue weighted by atomic mass is 10.1. The smallest absolute Gasteiger partial charge is 0.412 e. The van der Waals surface area contributed by atoms with Gasteiger partial charge in [-0.15, -0.1) is 0 Å². The molecule has 0 unspecified atom stereocenters. The Balaban J connectivity index is 1.88. The normalized spacial score (nSPS) is 16.5. The Labute approximate surface area is 113 Å². The first kappa shape index (κ1) is 13.6. The molecule has 19 heavy (non-hydrogen) atoms. The summed E-state index contributed by atoms with van der Waals surface area (Å²) in [6.07, 6.45) is 8.98. The lowest BCUT2D eigenvalue weighted by Gasteiger charge is -2.17. The van der Waals surface area contributed by atoms with Crippen molar-refractivity contribution in [3.8, 4) is 0 Å². The summed E-state index contributed by atoms with van der Waals surface area (Å²) in [6, 6.07) is 4.25. The number of nitrogens with zero attached hydrogens (tertiary/aromatic N) is 1. The number of pyridine rings is 1. The van der Waals surface area contributed by atoms with E-state index in [0.717, 1.165) is 5.69 Å². The van der Waals surface area contributed by atoms with E-state index in [1.807, 2.05) is 6.07 Å². The number of methoxy groups -OCH3 is 1. The maximum atomic E-state index is 11.0. The molecule has 2 rings (SSSR count). The number of rotatable bonds is 3. The molecule has 1 saturated carbocycles. The Hall–Kier alpha value is -1.78. The van der Waals surface area contributed by atoms with Crippen LogP contribution in [0.5, 0.6) is 0 Å². The van der Waals surface area contributed by atoms with Crippen LogP contribution < -0.4 is 10.6 Å². The van der Waals surface area contributed by atoms with Gasteiger partial charge in [0.05, 0.1) is 19.0 Å². The molecular formula is C14H21N3O2. The van der Waals surface area contributed by atoms with Gasteiger partial charge in [0.2, 0.25) is 0 Å². The van der Waals surface area contributed by atoms with Gasteiger partial charge in [0, 0.05) is 6.04 Å². The number of nitrogens with one attached hydrogen (secondary N) is 2. The van der Waals surface area contributed by atoms with Gasteiger partial charge >= 0.3 is 6.09 Å². The molecule has 1 heterocycles. The summed E-state index contributed by atoms with van der Waals surface area (Å²) in [6.45, 7) is 0. The summed E-state index contributed by atoms with van der Waals surface area (Å²) in [5, 5.41) is 6.04. The van der Waals surface area contributed by atoms with Crippen LogP contribution in [0.25, 0.3) is 0 Å². The predicted molar refractivity (Wildman–Crippen MR) is 75.4 cm³/mol. The van der Waals surface area contributed by atoms with E-state index < -0.39 is 6.09 Å². The van der Waals surface area contributed by atoms with Crippen LogP contribution in [0.2, 0.25) is 0 Å². The number of carbonyl (C=O) groups excluding carboxylic acids is 1. The summed E-state index contributed by atoms with van der Waals surface area (Å²) in [7, 11) is 1.33. The minimum atomic E-state index is -0.503. The van der Waals surface area contributed by atoms with Crippen molar-refractivity contribution in [3.05, 3.63) is 18.3 Å². The fourth-order valence-electron chi connectivity index (χ4n) is 2.37. The first-order valence-electron chi connectivity index (χ1n) is 6.85. The van der Waals surface area contributed by atoms with Crippen molar-refractivity contribution in [3.63, 3.8) is 0 Å². The van der Waals surface area contributed by atoms with Gasteiger partial charge in [0.15, 0.2) is 0 Å². The van der Waals surface area contributed by atoms with Crippen molar-refractivity contribution in [1.29, 1.82) is 0 Å². The zero-order chi connectivity index (χ0) is 13.5. The van der Waals surface area contributed by atoms with Gasteiger partial charge in [-0.2, -0.15) is 0 Å². The standard InChI is InChI=1S/C14H21N3O2/c1-19-14(18)17-13-9-8-12(10-15-13)16-11-6-4-2-3-5-7-11/h8-11,16H,2-7H2,1H3,(H,15,17,18). The molecule has 5 nitrogen and oxygen atoms in total. The predicted octanol–water partition coefficient (Wildman–Crippen LogP) is 3.39. The van der Waals surface area contributed by atoms with Crippen LogP contribution in [0.1, 0.15) is 38.5 Å². The van der Waals surface area contributed by atoms with Gasteiger partial charge in [-0.1, -0.05) is 25.7 Å². The highest BCUT2D eigenvalue weighted by molar-refractivity contribution is 5.83. The highest BCUT2D eigenvalue weighted by Gasteiger charge is 2.12. The minimum absolute atomic E-state index is 0.498. The van der Waals surface area contributed by atoms with E-state index in [1.54, 1.807) is 12.3 Å². The van der Waals surface area contributed by atoms with Crippen LogP contribution in [0, 0.1) is 0 Å². The van der Waals surface area contributed by atoms with Crippen molar-refractivity contribution in [2.75, 3.05) is 17.7 Å². The first-order valence-corrected chi connectivity index (χ1v) is 6.85. The van der Waals surface area contributed by atoms with Crippen molar-refractivity contribution < 1.29 is 9.53 Å². The second kappa shape index (κ2) is 6.97. The molecule has 1 aromatic heterocycles. The summed E-state index contributed by atoms with van der Waals surface area (Å²) in [5.41, 5.74) is 1.00. The van der Waals surface area contributed by atoms with E-state index in [1.165, 1.54) is 45.6 Å². The maximum absolute atomic E-state index is 11.0. The van der Waals surface area contributed by atoms with E-state index in [-0.39, 0.29) is 0 Å². The Morgan fingerprint density at radius 1 is 1.26 bits per heavy atom. The number of amides is 1. The summed E-state index contributed by atoms with van der Waals surface area (Å²) in [5.74, 6) is 0.498. The fourth-order valence-corrected chi connectivity index (χ4v) is 2.37. The SMILES string of the molecule is COC(=O)Nc1ccc(NC2CCCCCC2)cn1.